The summed E-state index contributed by atoms with van der Waals surface area (Å²) in [6.45, 7) is 3.26. The smallest absolute Gasteiger partial charge is 0.254 e. The van der Waals surface area contributed by atoms with E-state index in [1.54, 1.807) is 23.3 Å². The lowest BCUT2D eigenvalue weighted by Crippen LogP contribution is -2.47. The van der Waals surface area contributed by atoms with Crippen LogP contribution in [0.25, 0.3) is 22.3 Å². The average Bonchev–Trinajstić information content (AvgIpc) is 3.03. The van der Waals surface area contributed by atoms with Crippen molar-refractivity contribution in [3.8, 4) is 11.3 Å². The highest BCUT2D eigenvalue weighted by molar-refractivity contribution is 6.06. The van der Waals surface area contributed by atoms with Crippen LogP contribution < -0.4 is 0 Å². The van der Waals surface area contributed by atoms with E-state index < -0.39 is 0 Å². The summed E-state index contributed by atoms with van der Waals surface area (Å²) in [6.07, 6.45) is 5.20. The van der Waals surface area contributed by atoms with E-state index in [9.17, 15) is 4.79 Å². The molecule has 1 aliphatic rings. The van der Waals surface area contributed by atoms with Crippen molar-refractivity contribution in [2.45, 2.75) is 0 Å². The van der Waals surface area contributed by atoms with Crippen LogP contribution in [0, 0.1) is 0 Å². The van der Waals surface area contributed by atoms with Crippen molar-refractivity contribution in [1.29, 1.82) is 0 Å². The predicted octanol–water partition coefficient (Wildman–Crippen LogP) is 1.42. The Morgan fingerprint density at radius 3 is 2.64 bits per heavy atom. The number of amides is 1. The van der Waals surface area contributed by atoms with Crippen molar-refractivity contribution in [2.75, 3.05) is 33.2 Å². The van der Waals surface area contributed by atoms with E-state index in [0.29, 0.717) is 11.2 Å². The Bertz CT molecular complexity index is 912. The van der Waals surface area contributed by atoms with E-state index in [2.05, 4.69) is 27.0 Å². The third-order valence-electron chi connectivity index (χ3n) is 4.68. The van der Waals surface area contributed by atoms with Crippen molar-refractivity contribution in [1.82, 2.24) is 29.5 Å². The number of rotatable bonds is 2. The van der Waals surface area contributed by atoms with Crippen LogP contribution in [0.3, 0.4) is 0 Å². The summed E-state index contributed by atoms with van der Waals surface area (Å²) < 4.78 is 1.70. The van der Waals surface area contributed by atoms with Gasteiger partial charge in [0.15, 0.2) is 5.65 Å². The number of nitrogens with zero attached hydrogens (tertiary/aromatic N) is 6. The van der Waals surface area contributed by atoms with Crippen LogP contribution in [0.15, 0.2) is 36.8 Å². The number of hydrogen-bond acceptors (Lipinski definition) is 5. The molecule has 0 aliphatic carbocycles. The third kappa shape index (κ3) is 2.87. The summed E-state index contributed by atoms with van der Waals surface area (Å²) in [6, 6.07) is 5.68. The molecule has 128 valence electrons. The quantitative estimate of drug-likeness (QED) is 0.708. The van der Waals surface area contributed by atoms with Gasteiger partial charge < -0.3 is 9.80 Å². The van der Waals surface area contributed by atoms with E-state index in [-0.39, 0.29) is 5.91 Å². The van der Waals surface area contributed by atoms with Gasteiger partial charge in [-0.15, -0.1) is 0 Å². The van der Waals surface area contributed by atoms with E-state index in [4.69, 9.17) is 0 Å². The highest BCUT2D eigenvalue weighted by Crippen LogP contribution is 2.25. The van der Waals surface area contributed by atoms with E-state index in [0.717, 1.165) is 42.8 Å². The van der Waals surface area contributed by atoms with Gasteiger partial charge in [-0.1, -0.05) is 0 Å². The molecule has 0 unspecified atom stereocenters. The van der Waals surface area contributed by atoms with E-state index >= 15 is 0 Å². The molecule has 0 radical (unpaired) electrons. The lowest BCUT2D eigenvalue weighted by Gasteiger charge is -2.32. The van der Waals surface area contributed by atoms with Crippen LogP contribution in [0.2, 0.25) is 0 Å². The van der Waals surface area contributed by atoms with Gasteiger partial charge in [-0.2, -0.15) is 5.10 Å². The third-order valence-corrected chi connectivity index (χ3v) is 4.68. The number of carbonyl (C=O) groups is 1. The molecule has 4 rings (SSSR count). The predicted molar refractivity (Wildman–Crippen MR) is 95.1 cm³/mol. The fraction of sp³-hybridized carbons (Fsp3) is 0.333. The number of aryl methyl sites for hydroxylation is 1. The first-order valence-electron chi connectivity index (χ1n) is 8.34. The lowest BCUT2D eigenvalue weighted by atomic mass is 10.1. The fourth-order valence-corrected chi connectivity index (χ4v) is 3.13. The number of aromatic nitrogens is 4. The SMILES string of the molecule is CN1CCN(C(=O)c2cc(-c3cccnc3)nc3c2cnn3C)CC1. The number of carbonyl (C=O) groups excluding carboxylic acids is 1. The minimum atomic E-state index is 0.0404. The zero-order chi connectivity index (χ0) is 17.4. The molecule has 4 heterocycles. The maximum Gasteiger partial charge on any atom is 0.254 e. The van der Waals surface area contributed by atoms with Gasteiger partial charge >= 0.3 is 0 Å². The standard InChI is InChI=1S/C18H20N6O/c1-22-6-8-24(9-7-22)18(25)14-10-16(13-4-3-5-19-11-13)21-17-15(14)12-20-23(17)2/h3-5,10-12H,6-9H2,1-2H3. The topological polar surface area (TPSA) is 67.2 Å². The van der Waals surface area contributed by atoms with Crippen LogP contribution in [-0.2, 0) is 7.05 Å². The van der Waals surface area contributed by atoms with Crippen LogP contribution in [0.4, 0.5) is 0 Å². The molecule has 3 aromatic heterocycles. The van der Waals surface area contributed by atoms with Crippen molar-refractivity contribution in [3.05, 3.63) is 42.4 Å². The van der Waals surface area contributed by atoms with E-state index in [1.807, 2.05) is 30.1 Å². The van der Waals surface area contributed by atoms with Crippen LogP contribution in [-0.4, -0.2) is 68.7 Å². The van der Waals surface area contributed by atoms with Gasteiger partial charge in [0.2, 0.25) is 0 Å². The number of likely N-dealkylation sites (N-methyl/N-ethyl adjacent to an activating group) is 1. The summed E-state index contributed by atoms with van der Waals surface area (Å²) >= 11 is 0. The maximum absolute atomic E-state index is 13.1. The molecule has 7 nitrogen and oxygen atoms in total. The zero-order valence-electron chi connectivity index (χ0n) is 14.4. The molecule has 1 saturated heterocycles. The Labute approximate surface area is 145 Å². The normalized spacial score (nSPS) is 15.7. The first kappa shape index (κ1) is 15.7. The van der Waals surface area contributed by atoms with E-state index in [1.165, 1.54) is 0 Å². The number of pyridine rings is 2. The highest BCUT2D eigenvalue weighted by atomic mass is 16.2. The molecule has 7 heteroatoms. The summed E-state index contributed by atoms with van der Waals surface area (Å²) in [5.41, 5.74) is 2.99. The van der Waals surface area contributed by atoms with Gasteiger partial charge in [0, 0.05) is 51.2 Å². The first-order chi connectivity index (χ1) is 12.1. The summed E-state index contributed by atoms with van der Waals surface area (Å²) in [5, 5.41) is 5.08. The number of hydrogen-bond donors (Lipinski definition) is 0. The number of fused-ring (bicyclic) bond motifs is 1. The van der Waals surface area contributed by atoms with Crippen molar-refractivity contribution in [3.63, 3.8) is 0 Å². The lowest BCUT2D eigenvalue weighted by molar-refractivity contribution is 0.0666. The van der Waals surface area contributed by atoms with Crippen molar-refractivity contribution < 1.29 is 4.79 Å². The maximum atomic E-state index is 13.1. The second-order valence-electron chi connectivity index (χ2n) is 6.40. The minimum Gasteiger partial charge on any atom is -0.336 e. The van der Waals surface area contributed by atoms with Gasteiger partial charge in [0.05, 0.1) is 22.8 Å². The minimum absolute atomic E-state index is 0.0404. The molecule has 0 saturated carbocycles. The zero-order valence-corrected chi connectivity index (χ0v) is 14.4. The molecular weight excluding hydrogens is 316 g/mol. The molecule has 25 heavy (non-hydrogen) atoms. The Kier molecular flexibility index (Phi) is 3.93. The second-order valence-corrected chi connectivity index (χ2v) is 6.40. The molecule has 0 N–H and O–H groups in total. The van der Waals surface area contributed by atoms with Crippen LogP contribution in [0.1, 0.15) is 10.4 Å². The summed E-state index contributed by atoms with van der Waals surface area (Å²) in [5.74, 6) is 0.0404. The van der Waals surface area contributed by atoms with Crippen molar-refractivity contribution >= 4 is 16.9 Å². The first-order valence-corrected chi connectivity index (χ1v) is 8.34. The molecular formula is C18H20N6O. The molecule has 1 amide bonds. The van der Waals surface area contributed by atoms with Gasteiger partial charge in [0.25, 0.3) is 5.91 Å². The number of piperazine rings is 1. The van der Waals surface area contributed by atoms with Crippen LogP contribution >= 0.6 is 0 Å². The largest absolute Gasteiger partial charge is 0.336 e. The Hall–Kier alpha value is -2.80. The van der Waals surface area contributed by atoms with Gasteiger partial charge in [0.1, 0.15) is 0 Å². The Morgan fingerprint density at radius 1 is 1.12 bits per heavy atom. The van der Waals surface area contributed by atoms with Crippen molar-refractivity contribution in [2.24, 2.45) is 7.05 Å². The average molecular weight is 336 g/mol. The molecule has 1 aliphatic heterocycles. The fourth-order valence-electron chi connectivity index (χ4n) is 3.13. The summed E-state index contributed by atoms with van der Waals surface area (Å²) in [7, 11) is 3.92. The molecule has 0 bridgehead atoms. The van der Waals surface area contributed by atoms with Gasteiger partial charge in [-0.05, 0) is 25.2 Å². The second kappa shape index (κ2) is 6.25. The van der Waals surface area contributed by atoms with Gasteiger partial charge in [-0.25, -0.2) is 4.98 Å². The molecule has 0 aromatic carbocycles. The summed E-state index contributed by atoms with van der Waals surface area (Å²) in [4.78, 5) is 26.1. The Morgan fingerprint density at radius 2 is 1.92 bits per heavy atom. The Balaban J connectivity index is 1.81. The van der Waals surface area contributed by atoms with Crippen LogP contribution in [0.5, 0.6) is 0 Å². The molecule has 0 spiro atoms. The monoisotopic (exact) mass is 336 g/mol. The van der Waals surface area contributed by atoms with Gasteiger partial charge in [-0.3, -0.25) is 14.5 Å². The highest BCUT2D eigenvalue weighted by Gasteiger charge is 2.24. The molecule has 1 fully saturated rings. The molecule has 3 aromatic rings. The molecule has 0 atom stereocenters.